The highest BCUT2D eigenvalue weighted by atomic mass is 16.6. The van der Waals surface area contributed by atoms with E-state index in [1.54, 1.807) is 56.6 Å². The Morgan fingerprint density at radius 2 is 1.85 bits per heavy atom. The van der Waals surface area contributed by atoms with Crippen molar-refractivity contribution < 1.29 is 14.3 Å². The highest BCUT2D eigenvalue weighted by Crippen LogP contribution is 2.32. The van der Waals surface area contributed by atoms with Crippen molar-refractivity contribution in [2.24, 2.45) is 0 Å². The van der Waals surface area contributed by atoms with Crippen LogP contribution in [0.15, 0.2) is 36.8 Å². The van der Waals surface area contributed by atoms with Crippen LogP contribution in [0.4, 0.5) is 10.6 Å². The molecule has 4 aromatic rings. The van der Waals surface area contributed by atoms with Crippen molar-refractivity contribution in [1.82, 2.24) is 19.4 Å². The van der Waals surface area contributed by atoms with E-state index in [1.807, 2.05) is 13.0 Å². The molecule has 4 rings (SSSR count). The predicted octanol–water partition coefficient (Wildman–Crippen LogP) is 5.06. The van der Waals surface area contributed by atoms with E-state index in [4.69, 9.17) is 4.74 Å². The Hall–Kier alpha value is -4.32. The number of hydrogen-bond acceptors (Lipinski definition) is 7. The van der Waals surface area contributed by atoms with Gasteiger partial charge in [-0.2, -0.15) is 5.26 Å². The summed E-state index contributed by atoms with van der Waals surface area (Å²) in [6.45, 7) is 9.03. The van der Waals surface area contributed by atoms with E-state index in [9.17, 15) is 14.9 Å². The molecule has 0 aliphatic heterocycles. The summed E-state index contributed by atoms with van der Waals surface area (Å²) in [6.07, 6.45) is 4.53. The van der Waals surface area contributed by atoms with Gasteiger partial charge in [0.25, 0.3) is 0 Å². The number of anilines is 1. The van der Waals surface area contributed by atoms with Gasteiger partial charge in [0, 0.05) is 41.4 Å². The van der Waals surface area contributed by atoms with Crippen LogP contribution >= 0.6 is 0 Å². The Morgan fingerprint density at radius 3 is 2.50 bits per heavy atom. The maximum absolute atomic E-state index is 12.2. The summed E-state index contributed by atoms with van der Waals surface area (Å²) in [5.74, 6) is 0.258. The van der Waals surface area contributed by atoms with Gasteiger partial charge in [0.1, 0.15) is 34.5 Å². The maximum atomic E-state index is 12.2. The van der Waals surface area contributed by atoms with E-state index in [0.717, 1.165) is 22.1 Å². The number of fused-ring (bicyclic) bond motifs is 3. The summed E-state index contributed by atoms with van der Waals surface area (Å²) in [5, 5.41) is 13.1. The minimum atomic E-state index is -0.648. The molecule has 0 bridgehead atoms. The molecule has 1 N–H and O–H groups in total. The Labute approximate surface area is 196 Å². The van der Waals surface area contributed by atoms with Gasteiger partial charge in [-0.15, -0.1) is 0 Å². The SMILES string of the molecule is CCC(=O)c1cc(C)c(-c2cc3cnc(NC(=O)OC(C)(C)C)cc3n3c(C#N)cnc23)cn1. The number of aryl methyl sites for hydroxylation is 1. The van der Waals surface area contributed by atoms with Gasteiger partial charge < -0.3 is 4.74 Å². The third-order valence-corrected chi connectivity index (χ3v) is 5.21. The average molecular weight is 457 g/mol. The molecule has 0 saturated carbocycles. The van der Waals surface area contributed by atoms with Crippen LogP contribution in [0.3, 0.4) is 0 Å². The normalized spacial score (nSPS) is 11.4. The second-order valence-corrected chi connectivity index (χ2v) is 8.89. The molecule has 4 heterocycles. The Morgan fingerprint density at radius 1 is 1.09 bits per heavy atom. The topological polar surface area (TPSA) is 122 Å². The van der Waals surface area contributed by atoms with Gasteiger partial charge in [0.2, 0.25) is 0 Å². The first-order valence-electron chi connectivity index (χ1n) is 10.8. The lowest BCUT2D eigenvalue weighted by atomic mass is 10.0. The number of hydrogen-bond donors (Lipinski definition) is 1. The number of nitrogens with zero attached hydrogens (tertiary/aromatic N) is 5. The first-order valence-corrected chi connectivity index (χ1v) is 10.8. The summed E-state index contributed by atoms with van der Waals surface area (Å²) in [7, 11) is 0. The highest BCUT2D eigenvalue weighted by molar-refractivity contribution is 5.97. The van der Waals surface area contributed by atoms with Crippen molar-refractivity contribution in [3.63, 3.8) is 0 Å². The number of nitriles is 1. The molecular formula is C25H24N6O3. The summed E-state index contributed by atoms with van der Waals surface area (Å²) in [6, 6.07) is 7.52. The smallest absolute Gasteiger partial charge is 0.413 e. The molecule has 0 aliphatic rings. The van der Waals surface area contributed by atoms with Crippen LogP contribution < -0.4 is 5.32 Å². The number of imidazole rings is 1. The van der Waals surface area contributed by atoms with E-state index >= 15 is 0 Å². The fourth-order valence-electron chi connectivity index (χ4n) is 3.69. The standard InChI is InChI=1S/C25H24N6O3/c1-6-21(32)19-7-14(2)18(13-27-19)17-8-15-11-28-22(30-24(33)34-25(3,4)5)9-20(15)31-16(10-26)12-29-23(17)31/h7-9,11-13H,6H2,1-5H3,(H,28,30,33). The number of ether oxygens (including phenoxy) is 1. The Kier molecular flexibility index (Phi) is 5.75. The van der Waals surface area contributed by atoms with Crippen molar-refractivity contribution in [2.75, 3.05) is 5.32 Å². The molecule has 0 aliphatic carbocycles. The summed E-state index contributed by atoms with van der Waals surface area (Å²) in [4.78, 5) is 37.4. The largest absolute Gasteiger partial charge is 0.444 e. The van der Waals surface area contributed by atoms with Crippen molar-refractivity contribution in [3.8, 4) is 17.2 Å². The van der Waals surface area contributed by atoms with Crippen molar-refractivity contribution in [1.29, 1.82) is 5.26 Å². The van der Waals surface area contributed by atoms with Gasteiger partial charge in [0.05, 0.1) is 11.7 Å². The fraction of sp³-hybridized carbons (Fsp3) is 0.280. The number of pyridine rings is 3. The second-order valence-electron chi connectivity index (χ2n) is 8.89. The van der Waals surface area contributed by atoms with E-state index in [2.05, 4.69) is 26.3 Å². The number of Topliss-reactive ketones (excluding diaryl/α,β-unsaturated/α-hetero) is 1. The molecule has 0 unspecified atom stereocenters. The number of ketones is 1. The first kappa shape index (κ1) is 22.9. The van der Waals surface area contributed by atoms with Gasteiger partial charge >= 0.3 is 6.09 Å². The number of carbonyl (C=O) groups excluding carboxylic acids is 2. The zero-order valence-electron chi connectivity index (χ0n) is 19.6. The van der Waals surface area contributed by atoms with E-state index in [-0.39, 0.29) is 11.6 Å². The maximum Gasteiger partial charge on any atom is 0.413 e. The van der Waals surface area contributed by atoms with Crippen molar-refractivity contribution in [3.05, 3.63) is 53.7 Å². The zero-order valence-corrected chi connectivity index (χ0v) is 19.6. The molecule has 0 spiro atoms. The third kappa shape index (κ3) is 4.30. The van der Waals surface area contributed by atoms with E-state index < -0.39 is 11.7 Å². The van der Waals surface area contributed by atoms with Gasteiger partial charge in [-0.05, 0) is 45.4 Å². The van der Waals surface area contributed by atoms with Crippen LogP contribution in [-0.4, -0.2) is 36.8 Å². The van der Waals surface area contributed by atoms with Crippen LogP contribution in [0.2, 0.25) is 0 Å². The molecule has 9 heteroatoms. The molecule has 4 aromatic heterocycles. The zero-order chi connectivity index (χ0) is 24.6. The van der Waals surface area contributed by atoms with Crippen LogP contribution in [0.5, 0.6) is 0 Å². The molecule has 9 nitrogen and oxygen atoms in total. The summed E-state index contributed by atoms with van der Waals surface area (Å²) < 4.78 is 7.02. The number of nitrogens with one attached hydrogen (secondary N) is 1. The minimum Gasteiger partial charge on any atom is -0.444 e. The number of rotatable bonds is 4. The number of carbonyl (C=O) groups is 2. The molecule has 34 heavy (non-hydrogen) atoms. The van der Waals surface area contributed by atoms with Crippen LogP contribution in [0, 0.1) is 18.3 Å². The third-order valence-electron chi connectivity index (χ3n) is 5.21. The van der Waals surface area contributed by atoms with Gasteiger partial charge in [-0.1, -0.05) is 6.92 Å². The van der Waals surface area contributed by atoms with Crippen LogP contribution in [-0.2, 0) is 4.74 Å². The molecule has 0 aromatic carbocycles. The van der Waals surface area contributed by atoms with Gasteiger partial charge in [-0.3, -0.25) is 19.5 Å². The summed E-state index contributed by atoms with van der Waals surface area (Å²) >= 11 is 0. The molecule has 0 fully saturated rings. The lowest BCUT2D eigenvalue weighted by Gasteiger charge is -2.19. The monoisotopic (exact) mass is 456 g/mol. The minimum absolute atomic E-state index is 0.0277. The molecule has 0 atom stereocenters. The lowest BCUT2D eigenvalue weighted by molar-refractivity contribution is 0.0635. The second kappa shape index (κ2) is 8.56. The Balaban J connectivity index is 1.87. The van der Waals surface area contributed by atoms with E-state index in [0.29, 0.717) is 29.0 Å². The number of aromatic nitrogens is 4. The predicted molar refractivity (Wildman–Crippen MR) is 128 cm³/mol. The molecule has 0 saturated heterocycles. The fourth-order valence-corrected chi connectivity index (χ4v) is 3.69. The Bertz CT molecular complexity index is 1490. The first-order chi connectivity index (χ1) is 16.1. The van der Waals surface area contributed by atoms with Crippen molar-refractivity contribution in [2.45, 2.75) is 46.6 Å². The van der Waals surface area contributed by atoms with Gasteiger partial charge in [0.15, 0.2) is 5.78 Å². The van der Waals surface area contributed by atoms with E-state index in [1.165, 1.54) is 6.20 Å². The van der Waals surface area contributed by atoms with Crippen LogP contribution in [0.1, 0.15) is 55.9 Å². The quantitative estimate of drug-likeness (QED) is 0.426. The lowest BCUT2D eigenvalue weighted by Crippen LogP contribution is -2.27. The number of amides is 1. The molecule has 172 valence electrons. The highest BCUT2D eigenvalue weighted by Gasteiger charge is 2.19. The average Bonchev–Trinajstić information content (AvgIpc) is 3.21. The summed E-state index contributed by atoms with van der Waals surface area (Å²) in [5.41, 5.74) is 3.72. The molecule has 0 radical (unpaired) electrons. The molecular weight excluding hydrogens is 432 g/mol. The van der Waals surface area contributed by atoms with Gasteiger partial charge in [-0.25, -0.2) is 14.8 Å². The van der Waals surface area contributed by atoms with Crippen molar-refractivity contribution >= 4 is 34.2 Å². The molecule has 1 amide bonds. The van der Waals surface area contributed by atoms with Crippen LogP contribution in [0.25, 0.3) is 27.7 Å².